The van der Waals surface area contributed by atoms with Crippen molar-refractivity contribution in [2.75, 3.05) is 17.2 Å². The van der Waals surface area contributed by atoms with Gasteiger partial charge >= 0.3 is 5.97 Å². The second kappa shape index (κ2) is 18.0. The van der Waals surface area contributed by atoms with Crippen LogP contribution in [0.1, 0.15) is 82.7 Å². The first-order valence-electron chi connectivity index (χ1n) is 16.8. The molecule has 50 heavy (non-hydrogen) atoms. The lowest BCUT2D eigenvalue weighted by molar-refractivity contribution is -0.116. The lowest BCUT2D eigenvalue weighted by Crippen LogP contribution is -2.30. The van der Waals surface area contributed by atoms with Gasteiger partial charge < -0.3 is 20.7 Å². The average Bonchev–Trinajstić information content (AvgIpc) is 3.43. The van der Waals surface area contributed by atoms with Crippen LogP contribution in [0.25, 0.3) is 6.08 Å². The minimum absolute atomic E-state index is 0.0123. The number of carbonyl (C=O) groups is 4. The van der Waals surface area contributed by atoms with Crippen molar-refractivity contribution in [3.8, 4) is 0 Å². The fourth-order valence-electron chi connectivity index (χ4n) is 5.64. The van der Waals surface area contributed by atoms with Crippen molar-refractivity contribution in [1.82, 2.24) is 5.32 Å². The van der Waals surface area contributed by atoms with Crippen molar-refractivity contribution >= 4 is 75.2 Å². The largest absolute Gasteiger partial charge is 0.462 e. The molecule has 0 spiro atoms. The van der Waals surface area contributed by atoms with Crippen LogP contribution in [-0.4, -0.2) is 35.5 Å². The topological polar surface area (TPSA) is 114 Å². The SMILES string of the molecule is CCOC(=O)c1c(NC(=O)C(CC)Sc2cccc(NC(=O)/C(=C\c3ccccc3Cl)NC(=O)c3ccccc3)c2)sc2c1CCCCCC2. The fourth-order valence-corrected chi connectivity index (χ4v) is 8.13. The molecule has 8 nitrogen and oxygen atoms in total. The van der Waals surface area contributed by atoms with Gasteiger partial charge in [0.15, 0.2) is 0 Å². The number of hydrogen-bond donors (Lipinski definition) is 3. The Balaban J connectivity index is 1.33. The van der Waals surface area contributed by atoms with E-state index in [0.717, 1.165) is 53.9 Å². The second-order valence-electron chi connectivity index (χ2n) is 11.7. The molecule has 0 saturated carbocycles. The van der Waals surface area contributed by atoms with Crippen molar-refractivity contribution in [3.63, 3.8) is 0 Å². The number of thioether (sulfide) groups is 1. The van der Waals surface area contributed by atoms with Crippen LogP contribution in [0.4, 0.5) is 10.7 Å². The number of halogens is 1. The van der Waals surface area contributed by atoms with Crippen LogP contribution >= 0.6 is 34.7 Å². The number of nitrogens with one attached hydrogen (secondary N) is 3. The Bertz CT molecular complexity index is 1870. The number of ether oxygens (including phenoxy) is 1. The highest BCUT2D eigenvalue weighted by Crippen LogP contribution is 2.38. The molecule has 3 amide bonds. The number of fused-ring (bicyclic) bond motifs is 1. The molecule has 0 aliphatic heterocycles. The molecule has 0 bridgehead atoms. The molecule has 4 aromatic rings. The number of thiophene rings is 1. The van der Waals surface area contributed by atoms with Crippen LogP contribution in [0.15, 0.2) is 89.5 Å². The summed E-state index contributed by atoms with van der Waals surface area (Å²) in [6.45, 7) is 3.97. The summed E-state index contributed by atoms with van der Waals surface area (Å²) in [6.07, 6.45) is 8.08. The lowest BCUT2D eigenvalue weighted by Gasteiger charge is -2.16. The Morgan fingerprint density at radius 3 is 2.38 bits per heavy atom. The molecule has 1 aliphatic carbocycles. The van der Waals surface area contributed by atoms with Crippen molar-refractivity contribution in [1.29, 1.82) is 0 Å². The summed E-state index contributed by atoms with van der Waals surface area (Å²) in [5.41, 5.74) is 2.96. The van der Waals surface area contributed by atoms with E-state index in [2.05, 4.69) is 16.0 Å². The Labute approximate surface area is 306 Å². The lowest BCUT2D eigenvalue weighted by atomic mass is 9.96. The average molecular weight is 730 g/mol. The number of rotatable bonds is 12. The molecule has 1 aromatic heterocycles. The maximum atomic E-state index is 13.7. The van der Waals surface area contributed by atoms with Gasteiger partial charge in [-0.3, -0.25) is 14.4 Å². The quantitative estimate of drug-likeness (QED) is 0.0762. The minimum atomic E-state index is -0.541. The zero-order valence-electron chi connectivity index (χ0n) is 28.1. The van der Waals surface area contributed by atoms with E-state index in [1.165, 1.54) is 29.2 Å². The molecule has 5 rings (SSSR count). The zero-order valence-corrected chi connectivity index (χ0v) is 30.4. The Hall–Kier alpha value is -4.38. The fraction of sp³-hybridized carbons (Fsp3) is 0.282. The number of esters is 1. The van der Waals surface area contributed by atoms with Crippen LogP contribution in [0, 0.1) is 0 Å². The van der Waals surface area contributed by atoms with Gasteiger partial charge in [0.2, 0.25) is 5.91 Å². The number of benzene rings is 3. The summed E-state index contributed by atoms with van der Waals surface area (Å²) < 4.78 is 5.42. The van der Waals surface area contributed by atoms with Crippen molar-refractivity contribution in [3.05, 3.63) is 117 Å². The highest BCUT2D eigenvalue weighted by molar-refractivity contribution is 8.00. The standard InChI is InChI=1S/C39H40ClN3O5S2/c1-3-32(37(46)43-38-34(39(47)48-4-2)29-20-10-5-6-11-22-33(29)50-38)49-28-19-14-18-27(24-28)41-36(45)31(23-26-17-12-13-21-30(26)40)42-35(44)25-15-8-7-9-16-25/h7-9,12-19,21,23-24,32H,3-6,10-11,20,22H2,1-2H3,(H,41,45)(H,42,44)(H,43,46)/b31-23+. The van der Waals surface area contributed by atoms with Gasteiger partial charge in [-0.1, -0.05) is 73.8 Å². The summed E-state index contributed by atoms with van der Waals surface area (Å²) >= 11 is 9.23. The van der Waals surface area contributed by atoms with Crippen LogP contribution in [0.3, 0.4) is 0 Å². The highest BCUT2D eigenvalue weighted by Gasteiger charge is 2.28. The van der Waals surface area contributed by atoms with Gasteiger partial charge in [0.1, 0.15) is 10.7 Å². The molecule has 0 fully saturated rings. The highest BCUT2D eigenvalue weighted by atomic mass is 35.5. The maximum absolute atomic E-state index is 13.7. The molecule has 1 heterocycles. The number of carbonyl (C=O) groups excluding carboxylic acids is 4. The molecular weight excluding hydrogens is 690 g/mol. The van der Waals surface area contributed by atoms with Crippen LogP contribution in [-0.2, 0) is 27.2 Å². The summed E-state index contributed by atoms with van der Waals surface area (Å²) in [5, 5.41) is 9.19. The molecule has 1 aliphatic rings. The molecular formula is C39H40ClN3O5S2. The van der Waals surface area contributed by atoms with Crippen LogP contribution in [0.2, 0.25) is 5.02 Å². The van der Waals surface area contributed by atoms with Crippen LogP contribution < -0.4 is 16.0 Å². The van der Waals surface area contributed by atoms with Gasteiger partial charge in [0.25, 0.3) is 11.8 Å². The van der Waals surface area contributed by atoms with Gasteiger partial charge in [0, 0.05) is 26.0 Å². The van der Waals surface area contributed by atoms with E-state index in [1.807, 2.05) is 13.0 Å². The second-order valence-corrected chi connectivity index (χ2v) is 14.5. The molecule has 1 atom stereocenters. The van der Waals surface area contributed by atoms with E-state index in [-0.39, 0.29) is 18.2 Å². The van der Waals surface area contributed by atoms with Gasteiger partial charge in [0.05, 0.1) is 17.4 Å². The first kappa shape index (κ1) is 36.9. The van der Waals surface area contributed by atoms with E-state index in [0.29, 0.717) is 38.8 Å². The summed E-state index contributed by atoms with van der Waals surface area (Å²) in [4.78, 5) is 55.3. The smallest absolute Gasteiger partial charge is 0.341 e. The van der Waals surface area contributed by atoms with Gasteiger partial charge in [-0.2, -0.15) is 0 Å². The summed E-state index contributed by atoms with van der Waals surface area (Å²) in [6, 6.07) is 22.8. The van der Waals surface area contributed by atoms with E-state index in [1.54, 1.807) is 79.7 Å². The molecule has 260 valence electrons. The summed E-state index contributed by atoms with van der Waals surface area (Å²) in [7, 11) is 0. The molecule has 0 saturated heterocycles. The van der Waals surface area contributed by atoms with Gasteiger partial charge in [-0.15, -0.1) is 23.1 Å². The number of aryl methyl sites for hydroxylation is 1. The third-order valence-electron chi connectivity index (χ3n) is 8.15. The predicted octanol–water partition coefficient (Wildman–Crippen LogP) is 9.16. The van der Waals surface area contributed by atoms with Crippen molar-refractivity contribution < 1.29 is 23.9 Å². The minimum Gasteiger partial charge on any atom is -0.462 e. The van der Waals surface area contributed by atoms with Gasteiger partial charge in [-0.05, 0) is 92.6 Å². The Kier molecular flexibility index (Phi) is 13.3. The van der Waals surface area contributed by atoms with E-state index in [9.17, 15) is 19.2 Å². The number of anilines is 2. The molecule has 3 N–H and O–H groups in total. The molecule has 3 aromatic carbocycles. The monoisotopic (exact) mass is 729 g/mol. The normalized spacial score (nSPS) is 13.6. The molecule has 1 unspecified atom stereocenters. The maximum Gasteiger partial charge on any atom is 0.341 e. The van der Waals surface area contributed by atoms with Crippen LogP contribution in [0.5, 0.6) is 0 Å². The van der Waals surface area contributed by atoms with Gasteiger partial charge in [-0.25, -0.2) is 4.79 Å². The zero-order chi connectivity index (χ0) is 35.5. The Morgan fingerprint density at radius 2 is 1.64 bits per heavy atom. The molecule has 11 heteroatoms. The third kappa shape index (κ3) is 9.65. The van der Waals surface area contributed by atoms with E-state index >= 15 is 0 Å². The predicted molar refractivity (Wildman–Crippen MR) is 203 cm³/mol. The van der Waals surface area contributed by atoms with Crippen molar-refractivity contribution in [2.24, 2.45) is 0 Å². The number of hydrogen-bond acceptors (Lipinski definition) is 7. The Morgan fingerprint density at radius 1 is 0.900 bits per heavy atom. The van der Waals surface area contributed by atoms with E-state index in [4.69, 9.17) is 16.3 Å². The van der Waals surface area contributed by atoms with Crippen molar-refractivity contribution in [2.45, 2.75) is 68.9 Å². The number of amides is 3. The first-order chi connectivity index (χ1) is 24.3. The first-order valence-corrected chi connectivity index (χ1v) is 18.9. The summed E-state index contributed by atoms with van der Waals surface area (Å²) in [5.74, 6) is -1.59. The third-order valence-corrected chi connectivity index (χ3v) is 11.1. The molecule has 0 radical (unpaired) electrons. The van der Waals surface area contributed by atoms with E-state index < -0.39 is 23.0 Å².